The molecule has 1 amide bonds. The number of carbonyl (C=O) groups excluding carboxylic acids is 1. The minimum atomic E-state index is -4.39. The third-order valence-corrected chi connectivity index (χ3v) is 3.72. The van der Waals surface area contributed by atoms with Crippen molar-refractivity contribution >= 4 is 28.4 Å². The van der Waals surface area contributed by atoms with Gasteiger partial charge in [0, 0.05) is 11.8 Å². The highest BCUT2D eigenvalue weighted by atomic mass is 19.4. The minimum absolute atomic E-state index is 0.306. The van der Waals surface area contributed by atoms with Crippen LogP contribution in [0, 0.1) is 0 Å². The molecule has 3 aromatic carbocycles. The molecule has 0 unspecified atom stereocenters. The summed E-state index contributed by atoms with van der Waals surface area (Å²) in [4.78, 5) is 12.0. The molecule has 0 aliphatic heterocycles. The Hall–Kier alpha value is -3.08. The summed E-state index contributed by atoms with van der Waals surface area (Å²) in [5.41, 5.74) is 0.443. The highest BCUT2D eigenvalue weighted by Crippen LogP contribution is 2.29. The molecule has 0 aromatic heterocycles. The van der Waals surface area contributed by atoms with Crippen molar-refractivity contribution in [3.63, 3.8) is 0 Å². The first-order chi connectivity index (χ1) is 11.9. The zero-order chi connectivity index (χ0) is 17.9. The second kappa shape index (κ2) is 6.81. The molecule has 5 heteroatoms. The van der Waals surface area contributed by atoms with Crippen LogP contribution >= 0.6 is 0 Å². The highest BCUT2D eigenvalue weighted by Gasteiger charge is 2.29. The maximum atomic E-state index is 12.5. The maximum absolute atomic E-state index is 12.5. The fourth-order valence-corrected chi connectivity index (χ4v) is 2.49. The van der Waals surface area contributed by atoms with Crippen molar-refractivity contribution in [3.05, 3.63) is 83.9 Å². The molecule has 126 valence electrons. The van der Waals surface area contributed by atoms with E-state index >= 15 is 0 Å². The largest absolute Gasteiger partial charge is 0.416 e. The topological polar surface area (TPSA) is 29.1 Å². The van der Waals surface area contributed by atoms with E-state index in [-0.39, 0.29) is 0 Å². The molecular weight excluding hydrogens is 327 g/mol. The van der Waals surface area contributed by atoms with Crippen molar-refractivity contribution in [1.29, 1.82) is 0 Å². The molecule has 0 radical (unpaired) electrons. The Morgan fingerprint density at radius 3 is 2.28 bits per heavy atom. The van der Waals surface area contributed by atoms with Crippen LogP contribution < -0.4 is 5.32 Å². The maximum Gasteiger partial charge on any atom is 0.416 e. The number of fused-ring (bicyclic) bond motifs is 1. The van der Waals surface area contributed by atoms with Gasteiger partial charge in [0.1, 0.15) is 0 Å². The Morgan fingerprint density at radius 2 is 1.56 bits per heavy atom. The Balaban J connectivity index is 1.73. The fraction of sp³-hybridized carbons (Fsp3) is 0.0500. The number of hydrogen-bond acceptors (Lipinski definition) is 1. The molecule has 1 N–H and O–H groups in total. The number of amides is 1. The average molecular weight is 341 g/mol. The quantitative estimate of drug-likeness (QED) is 0.625. The second-order valence-electron chi connectivity index (χ2n) is 5.47. The van der Waals surface area contributed by atoms with Gasteiger partial charge in [-0.05, 0) is 46.7 Å². The third-order valence-electron chi connectivity index (χ3n) is 3.72. The monoisotopic (exact) mass is 341 g/mol. The Labute approximate surface area is 142 Å². The van der Waals surface area contributed by atoms with Crippen LogP contribution in [0.1, 0.15) is 11.1 Å². The molecule has 2 nitrogen and oxygen atoms in total. The molecule has 0 bridgehead atoms. The molecule has 0 aliphatic rings. The van der Waals surface area contributed by atoms with Crippen LogP contribution in [0.15, 0.2) is 72.8 Å². The lowest BCUT2D eigenvalue weighted by Crippen LogP contribution is -2.09. The van der Waals surface area contributed by atoms with E-state index in [0.717, 1.165) is 28.5 Å². The zero-order valence-corrected chi connectivity index (χ0v) is 13.0. The third kappa shape index (κ3) is 4.07. The molecule has 25 heavy (non-hydrogen) atoms. The molecular formula is C20H14F3NO. The predicted octanol–water partition coefficient (Wildman–Crippen LogP) is 5.51. The number of carbonyl (C=O) groups is 1. The molecule has 3 rings (SSSR count). The first-order valence-corrected chi connectivity index (χ1v) is 7.57. The molecule has 0 fully saturated rings. The molecule has 0 heterocycles. The number of hydrogen-bond donors (Lipinski definition) is 1. The van der Waals surface area contributed by atoms with Gasteiger partial charge in [0.25, 0.3) is 0 Å². The van der Waals surface area contributed by atoms with Crippen LogP contribution in [-0.4, -0.2) is 5.91 Å². The Bertz CT molecular complexity index is 922. The zero-order valence-electron chi connectivity index (χ0n) is 13.0. The summed E-state index contributed by atoms with van der Waals surface area (Å²) < 4.78 is 37.6. The molecule has 0 saturated carbocycles. The van der Waals surface area contributed by atoms with Crippen LogP contribution in [0.2, 0.25) is 0 Å². The van der Waals surface area contributed by atoms with Crippen LogP contribution in [0.5, 0.6) is 0 Å². The van der Waals surface area contributed by atoms with E-state index in [1.807, 2.05) is 42.5 Å². The van der Waals surface area contributed by atoms with Gasteiger partial charge in [-0.3, -0.25) is 4.79 Å². The van der Waals surface area contributed by atoms with Gasteiger partial charge in [-0.15, -0.1) is 0 Å². The van der Waals surface area contributed by atoms with Crippen LogP contribution in [0.25, 0.3) is 16.8 Å². The normalized spacial score (nSPS) is 11.8. The van der Waals surface area contributed by atoms with E-state index in [0.29, 0.717) is 5.69 Å². The standard InChI is InChI=1S/C20H14F3NO/c21-20(22,23)16-9-11-17(12-10-16)24-19(25)13-8-15-6-3-5-14-4-1-2-7-18(14)15/h1-13H,(H,24,25). The Kier molecular flexibility index (Phi) is 4.57. The van der Waals surface area contributed by atoms with Gasteiger partial charge in [-0.25, -0.2) is 0 Å². The summed E-state index contributed by atoms with van der Waals surface area (Å²) >= 11 is 0. The number of benzene rings is 3. The number of rotatable bonds is 3. The number of anilines is 1. The number of nitrogens with one attached hydrogen (secondary N) is 1. The van der Waals surface area contributed by atoms with Gasteiger partial charge in [-0.1, -0.05) is 42.5 Å². The second-order valence-corrected chi connectivity index (χ2v) is 5.47. The first kappa shape index (κ1) is 16.8. The molecule has 0 saturated heterocycles. The number of halogens is 3. The van der Waals surface area contributed by atoms with E-state index in [4.69, 9.17) is 0 Å². The lowest BCUT2D eigenvalue weighted by Gasteiger charge is -2.07. The smallest absolute Gasteiger partial charge is 0.323 e. The van der Waals surface area contributed by atoms with Crippen LogP contribution in [-0.2, 0) is 11.0 Å². The minimum Gasteiger partial charge on any atom is -0.323 e. The van der Waals surface area contributed by atoms with Crippen molar-refractivity contribution in [3.8, 4) is 0 Å². The summed E-state index contributed by atoms with van der Waals surface area (Å²) in [5.74, 6) is -0.410. The lowest BCUT2D eigenvalue weighted by molar-refractivity contribution is -0.137. The fourth-order valence-electron chi connectivity index (χ4n) is 2.49. The number of alkyl halides is 3. The summed E-state index contributed by atoms with van der Waals surface area (Å²) in [7, 11) is 0. The van der Waals surface area contributed by atoms with Gasteiger partial charge in [0.2, 0.25) is 5.91 Å². The van der Waals surface area contributed by atoms with E-state index < -0.39 is 17.6 Å². The average Bonchev–Trinajstić information content (AvgIpc) is 2.59. The van der Waals surface area contributed by atoms with Gasteiger partial charge < -0.3 is 5.32 Å². The first-order valence-electron chi connectivity index (χ1n) is 7.57. The molecule has 0 atom stereocenters. The highest BCUT2D eigenvalue weighted by molar-refractivity contribution is 6.03. The van der Waals surface area contributed by atoms with Gasteiger partial charge >= 0.3 is 6.18 Å². The summed E-state index contributed by atoms with van der Waals surface area (Å²) in [6.45, 7) is 0. The van der Waals surface area contributed by atoms with Crippen LogP contribution in [0.3, 0.4) is 0 Å². The lowest BCUT2D eigenvalue weighted by atomic mass is 10.0. The SMILES string of the molecule is O=C(C=Cc1cccc2ccccc12)Nc1ccc(C(F)(F)F)cc1. The molecule has 0 aliphatic carbocycles. The van der Waals surface area contributed by atoms with E-state index in [1.165, 1.54) is 18.2 Å². The van der Waals surface area contributed by atoms with Crippen molar-refractivity contribution < 1.29 is 18.0 Å². The van der Waals surface area contributed by atoms with Gasteiger partial charge in [-0.2, -0.15) is 13.2 Å². The summed E-state index contributed by atoms with van der Waals surface area (Å²) in [6, 6.07) is 17.9. The van der Waals surface area contributed by atoms with Crippen molar-refractivity contribution in [1.82, 2.24) is 0 Å². The predicted molar refractivity (Wildman–Crippen MR) is 93.1 cm³/mol. The summed E-state index contributed by atoms with van der Waals surface area (Å²) in [6.07, 6.45) is -1.35. The summed E-state index contributed by atoms with van der Waals surface area (Å²) in [5, 5.41) is 4.63. The Morgan fingerprint density at radius 1 is 0.880 bits per heavy atom. The van der Waals surface area contributed by atoms with Gasteiger partial charge in [0.15, 0.2) is 0 Å². The van der Waals surface area contributed by atoms with E-state index in [2.05, 4.69) is 5.32 Å². The van der Waals surface area contributed by atoms with Gasteiger partial charge in [0.05, 0.1) is 5.56 Å². The van der Waals surface area contributed by atoms with Crippen molar-refractivity contribution in [2.75, 3.05) is 5.32 Å². The van der Waals surface area contributed by atoms with Crippen LogP contribution in [0.4, 0.5) is 18.9 Å². The molecule has 0 spiro atoms. The molecule has 3 aromatic rings. The van der Waals surface area contributed by atoms with E-state index in [9.17, 15) is 18.0 Å². The van der Waals surface area contributed by atoms with Crippen molar-refractivity contribution in [2.24, 2.45) is 0 Å². The van der Waals surface area contributed by atoms with E-state index in [1.54, 1.807) is 6.08 Å². The van der Waals surface area contributed by atoms with Crippen molar-refractivity contribution in [2.45, 2.75) is 6.18 Å².